The molecule has 1 aliphatic rings. The Balaban J connectivity index is 1.79. The number of hydrogen-bond donors (Lipinski definition) is 0. The quantitative estimate of drug-likeness (QED) is 0.834. The van der Waals surface area contributed by atoms with Crippen molar-refractivity contribution < 1.29 is 9.47 Å². The number of piperidine rings is 1. The van der Waals surface area contributed by atoms with Crippen LogP contribution in [-0.2, 0) is 6.54 Å². The number of hydrogen-bond acceptors (Lipinski definition) is 5. The summed E-state index contributed by atoms with van der Waals surface area (Å²) in [5.41, 5.74) is 3.55. The third kappa shape index (κ3) is 3.85. The summed E-state index contributed by atoms with van der Waals surface area (Å²) in [5.74, 6) is 1.62. The van der Waals surface area contributed by atoms with Gasteiger partial charge in [-0.15, -0.1) is 0 Å². The molecular weight excluding hydrogens is 302 g/mol. The predicted molar refractivity (Wildman–Crippen MR) is 93.7 cm³/mol. The molecule has 1 aromatic carbocycles. The van der Waals surface area contributed by atoms with Crippen LogP contribution in [0.2, 0.25) is 0 Å². The monoisotopic (exact) mass is 327 g/mol. The van der Waals surface area contributed by atoms with Gasteiger partial charge in [-0.1, -0.05) is 18.6 Å². The lowest BCUT2D eigenvalue weighted by Crippen LogP contribution is -2.29. The van der Waals surface area contributed by atoms with Gasteiger partial charge in [0.1, 0.15) is 5.75 Å². The second-order valence-electron chi connectivity index (χ2n) is 6.37. The lowest BCUT2D eigenvalue weighted by Gasteiger charge is -2.27. The van der Waals surface area contributed by atoms with E-state index in [1.54, 1.807) is 19.5 Å². The molecular formula is C19H25N3O2. The molecule has 1 aliphatic heterocycles. The Morgan fingerprint density at radius 2 is 1.58 bits per heavy atom. The summed E-state index contributed by atoms with van der Waals surface area (Å²) in [6.07, 6.45) is 7.18. The molecule has 0 bridgehead atoms. The molecule has 1 fully saturated rings. The number of nitrogens with zero attached hydrogens (tertiary/aromatic N) is 3. The van der Waals surface area contributed by atoms with E-state index in [9.17, 15) is 0 Å². The summed E-state index contributed by atoms with van der Waals surface area (Å²) in [7, 11) is 1.57. The SMILES string of the molecule is COc1nccnc1Oc1c(C)cc(CN2CCCCC2)cc1C. The Morgan fingerprint density at radius 1 is 0.958 bits per heavy atom. The summed E-state index contributed by atoms with van der Waals surface area (Å²) in [4.78, 5) is 10.9. The minimum atomic E-state index is 0.397. The predicted octanol–water partition coefficient (Wildman–Crippen LogP) is 3.88. The summed E-state index contributed by atoms with van der Waals surface area (Å²) in [5, 5.41) is 0. The van der Waals surface area contributed by atoms with Crippen LogP contribution >= 0.6 is 0 Å². The lowest BCUT2D eigenvalue weighted by molar-refractivity contribution is 0.221. The molecule has 0 N–H and O–H groups in total. The van der Waals surface area contributed by atoms with Crippen molar-refractivity contribution in [1.29, 1.82) is 0 Å². The van der Waals surface area contributed by atoms with Gasteiger partial charge in [-0.05, 0) is 56.5 Å². The maximum Gasteiger partial charge on any atom is 0.283 e. The molecule has 0 radical (unpaired) electrons. The van der Waals surface area contributed by atoms with Crippen LogP contribution in [0.3, 0.4) is 0 Å². The normalized spacial score (nSPS) is 15.3. The number of likely N-dealkylation sites (tertiary alicyclic amines) is 1. The molecule has 0 aliphatic carbocycles. The van der Waals surface area contributed by atoms with E-state index in [1.807, 2.05) is 0 Å². The average Bonchev–Trinajstić information content (AvgIpc) is 2.59. The standard InChI is InChI=1S/C19H25N3O2/c1-14-11-16(13-22-9-5-4-6-10-22)12-15(2)17(14)24-19-18(23-3)20-7-8-21-19/h7-8,11-12H,4-6,9-10,13H2,1-3H3. The Morgan fingerprint density at radius 3 is 2.21 bits per heavy atom. The van der Waals surface area contributed by atoms with Gasteiger partial charge in [-0.3, -0.25) is 4.90 Å². The van der Waals surface area contributed by atoms with E-state index in [0.717, 1.165) is 23.4 Å². The molecule has 0 amide bonds. The van der Waals surface area contributed by atoms with E-state index in [0.29, 0.717) is 11.8 Å². The van der Waals surface area contributed by atoms with Crippen molar-refractivity contribution in [3.8, 4) is 17.5 Å². The second-order valence-corrected chi connectivity index (χ2v) is 6.37. The highest BCUT2D eigenvalue weighted by Gasteiger charge is 2.15. The number of methoxy groups -OCH3 is 1. The fourth-order valence-electron chi connectivity index (χ4n) is 3.29. The molecule has 3 rings (SSSR count). The highest BCUT2D eigenvalue weighted by Crippen LogP contribution is 2.32. The Bertz CT molecular complexity index is 674. The first-order valence-corrected chi connectivity index (χ1v) is 8.52. The second kappa shape index (κ2) is 7.62. The van der Waals surface area contributed by atoms with Gasteiger partial charge in [0, 0.05) is 18.9 Å². The van der Waals surface area contributed by atoms with Crippen molar-refractivity contribution in [2.45, 2.75) is 39.7 Å². The largest absolute Gasteiger partial charge is 0.477 e. The smallest absolute Gasteiger partial charge is 0.283 e. The van der Waals surface area contributed by atoms with Crippen LogP contribution in [0.25, 0.3) is 0 Å². The number of aryl methyl sites for hydroxylation is 2. The van der Waals surface area contributed by atoms with E-state index in [-0.39, 0.29) is 0 Å². The van der Waals surface area contributed by atoms with E-state index in [4.69, 9.17) is 9.47 Å². The van der Waals surface area contributed by atoms with Gasteiger partial charge in [-0.2, -0.15) is 0 Å². The molecule has 0 unspecified atom stereocenters. The van der Waals surface area contributed by atoms with Crippen LogP contribution < -0.4 is 9.47 Å². The van der Waals surface area contributed by atoms with Crippen LogP contribution in [0, 0.1) is 13.8 Å². The lowest BCUT2D eigenvalue weighted by atomic mass is 10.0. The molecule has 0 spiro atoms. The van der Waals surface area contributed by atoms with E-state index in [2.05, 4.69) is 40.8 Å². The highest BCUT2D eigenvalue weighted by molar-refractivity contribution is 5.46. The van der Waals surface area contributed by atoms with Gasteiger partial charge in [0.15, 0.2) is 0 Å². The molecule has 1 saturated heterocycles. The summed E-state index contributed by atoms with van der Waals surface area (Å²) in [6, 6.07) is 4.42. The number of rotatable bonds is 5. The van der Waals surface area contributed by atoms with Crippen LogP contribution in [0.15, 0.2) is 24.5 Å². The Kier molecular flexibility index (Phi) is 5.30. The first kappa shape index (κ1) is 16.7. The summed E-state index contributed by atoms with van der Waals surface area (Å²) in [6.45, 7) is 7.56. The Labute approximate surface area is 143 Å². The van der Waals surface area contributed by atoms with Gasteiger partial charge in [-0.25, -0.2) is 9.97 Å². The van der Waals surface area contributed by atoms with Gasteiger partial charge in [0.05, 0.1) is 7.11 Å². The van der Waals surface area contributed by atoms with Crippen molar-refractivity contribution in [3.63, 3.8) is 0 Å². The molecule has 5 heteroatoms. The fraction of sp³-hybridized carbons (Fsp3) is 0.474. The average molecular weight is 327 g/mol. The minimum Gasteiger partial charge on any atom is -0.477 e. The third-order valence-electron chi connectivity index (χ3n) is 4.40. The molecule has 24 heavy (non-hydrogen) atoms. The molecule has 5 nitrogen and oxygen atoms in total. The molecule has 0 saturated carbocycles. The molecule has 2 aromatic rings. The van der Waals surface area contributed by atoms with Crippen LogP contribution in [0.5, 0.6) is 17.5 Å². The Hall–Kier alpha value is -2.14. The zero-order valence-electron chi connectivity index (χ0n) is 14.7. The van der Waals surface area contributed by atoms with Crippen molar-refractivity contribution >= 4 is 0 Å². The van der Waals surface area contributed by atoms with Crippen molar-refractivity contribution in [2.24, 2.45) is 0 Å². The van der Waals surface area contributed by atoms with Crippen molar-refractivity contribution in [3.05, 3.63) is 41.2 Å². The zero-order valence-corrected chi connectivity index (χ0v) is 14.7. The number of aromatic nitrogens is 2. The summed E-state index contributed by atoms with van der Waals surface area (Å²) >= 11 is 0. The van der Waals surface area contributed by atoms with Gasteiger partial charge >= 0.3 is 0 Å². The van der Waals surface area contributed by atoms with Crippen molar-refractivity contribution in [2.75, 3.05) is 20.2 Å². The van der Waals surface area contributed by atoms with Crippen LogP contribution in [0.1, 0.15) is 36.0 Å². The van der Waals surface area contributed by atoms with Crippen LogP contribution in [0.4, 0.5) is 0 Å². The highest BCUT2D eigenvalue weighted by atomic mass is 16.5. The van der Waals surface area contributed by atoms with Gasteiger partial charge < -0.3 is 9.47 Å². The van der Waals surface area contributed by atoms with Gasteiger partial charge in [0.2, 0.25) is 0 Å². The number of ether oxygens (including phenoxy) is 2. The fourth-order valence-corrected chi connectivity index (χ4v) is 3.29. The summed E-state index contributed by atoms with van der Waals surface area (Å²) < 4.78 is 11.2. The molecule has 0 atom stereocenters. The topological polar surface area (TPSA) is 47.5 Å². The first-order chi connectivity index (χ1) is 11.7. The maximum absolute atomic E-state index is 5.99. The van der Waals surface area contributed by atoms with E-state index in [1.165, 1.54) is 37.9 Å². The molecule has 2 heterocycles. The third-order valence-corrected chi connectivity index (χ3v) is 4.40. The van der Waals surface area contributed by atoms with Crippen molar-refractivity contribution in [1.82, 2.24) is 14.9 Å². The van der Waals surface area contributed by atoms with E-state index >= 15 is 0 Å². The first-order valence-electron chi connectivity index (χ1n) is 8.52. The van der Waals surface area contributed by atoms with E-state index < -0.39 is 0 Å². The van der Waals surface area contributed by atoms with Gasteiger partial charge in [0.25, 0.3) is 11.8 Å². The maximum atomic E-state index is 5.99. The minimum absolute atomic E-state index is 0.397. The van der Waals surface area contributed by atoms with Crippen LogP contribution in [-0.4, -0.2) is 35.1 Å². The number of benzene rings is 1. The molecule has 128 valence electrons. The zero-order chi connectivity index (χ0) is 16.9. The molecule has 1 aromatic heterocycles.